The second kappa shape index (κ2) is 8.01. The summed E-state index contributed by atoms with van der Waals surface area (Å²) >= 11 is 0. The molecule has 0 aliphatic carbocycles. The Balaban J connectivity index is 1.48. The maximum atomic E-state index is 12.9. The number of hydrogen-bond acceptors (Lipinski definition) is 4. The zero-order valence-electron chi connectivity index (χ0n) is 14.2. The molecule has 0 atom stereocenters. The van der Waals surface area contributed by atoms with E-state index in [1.54, 1.807) is 6.07 Å². The molecule has 140 valence electrons. The van der Waals surface area contributed by atoms with Crippen LogP contribution >= 0.6 is 0 Å². The third-order valence-corrected chi connectivity index (χ3v) is 6.41. The first-order chi connectivity index (χ1) is 12.4. The number of carbonyl (C=O) groups excluding carboxylic acids is 1. The number of nitrogens with zero attached hydrogens (tertiary/aromatic N) is 1. The van der Waals surface area contributed by atoms with Gasteiger partial charge in [-0.2, -0.15) is 0 Å². The fraction of sp³-hybridized carbons (Fsp3) is 0.389. The van der Waals surface area contributed by atoms with Crippen molar-refractivity contribution in [1.82, 2.24) is 9.62 Å². The van der Waals surface area contributed by atoms with E-state index < -0.39 is 10.0 Å². The van der Waals surface area contributed by atoms with Gasteiger partial charge in [0, 0.05) is 19.6 Å². The summed E-state index contributed by atoms with van der Waals surface area (Å²) in [7, 11) is -3.43. The van der Waals surface area contributed by atoms with E-state index in [0.717, 1.165) is 0 Å². The molecule has 1 aromatic heterocycles. The summed E-state index contributed by atoms with van der Waals surface area (Å²) in [4.78, 5) is 11.9. The fourth-order valence-corrected chi connectivity index (χ4v) is 4.57. The van der Waals surface area contributed by atoms with E-state index in [0.29, 0.717) is 43.6 Å². The van der Waals surface area contributed by atoms with E-state index >= 15 is 0 Å². The van der Waals surface area contributed by atoms with Crippen LogP contribution in [0.4, 0.5) is 4.39 Å². The molecule has 1 fully saturated rings. The van der Waals surface area contributed by atoms with E-state index in [4.69, 9.17) is 4.42 Å². The SMILES string of the molecule is O=C(NCC1CCN(S(=O)(=O)Cc2ccc(F)cc2)CC1)c1ccoc1. The van der Waals surface area contributed by atoms with Crippen LogP contribution in [0.2, 0.25) is 0 Å². The molecule has 1 aliphatic heterocycles. The van der Waals surface area contributed by atoms with Gasteiger partial charge >= 0.3 is 0 Å². The number of sulfonamides is 1. The van der Waals surface area contributed by atoms with Crippen molar-refractivity contribution in [2.24, 2.45) is 5.92 Å². The van der Waals surface area contributed by atoms with Gasteiger partial charge in [0.15, 0.2) is 0 Å². The van der Waals surface area contributed by atoms with Crippen LogP contribution in [0.25, 0.3) is 0 Å². The topological polar surface area (TPSA) is 79.6 Å². The lowest BCUT2D eigenvalue weighted by Gasteiger charge is -2.31. The molecular formula is C18H21FN2O4S. The van der Waals surface area contributed by atoms with Crippen LogP contribution in [0, 0.1) is 11.7 Å². The average molecular weight is 380 g/mol. The van der Waals surface area contributed by atoms with Crippen molar-refractivity contribution in [2.45, 2.75) is 18.6 Å². The van der Waals surface area contributed by atoms with Crippen LogP contribution < -0.4 is 5.32 Å². The molecular weight excluding hydrogens is 359 g/mol. The van der Waals surface area contributed by atoms with Gasteiger partial charge in [0.05, 0.1) is 17.6 Å². The molecule has 2 heterocycles. The van der Waals surface area contributed by atoms with Gasteiger partial charge in [-0.1, -0.05) is 12.1 Å². The molecule has 0 saturated carbocycles. The molecule has 1 saturated heterocycles. The van der Waals surface area contributed by atoms with Crippen LogP contribution in [-0.4, -0.2) is 38.3 Å². The first kappa shape index (κ1) is 18.6. The first-order valence-corrected chi connectivity index (χ1v) is 10.1. The van der Waals surface area contributed by atoms with Crippen molar-refractivity contribution in [2.75, 3.05) is 19.6 Å². The maximum absolute atomic E-state index is 12.9. The Morgan fingerprint density at radius 2 is 1.88 bits per heavy atom. The molecule has 0 spiro atoms. The monoisotopic (exact) mass is 380 g/mol. The highest BCUT2D eigenvalue weighted by Gasteiger charge is 2.28. The quantitative estimate of drug-likeness (QED) is 0.835. The van der Waals surface area contributed by atoms with Crippen molar-refractivity contribution < 1.29 is 22.0 Å². The molecule has 0 radical (unpaired) electrons. The number of nitrogens with one attached hydrogen (secondary N) is 1. The molecule has 2 aromatic rings. The molecule has 8 heteroatoms. The Kier molecular flexibility index (Phi) is 5.73. The summed E-state index contributed by atoms with van der Waals surface area (Å²) in [6.45, 7) is 1.36. The van der Waals surface area contributed by atoms with E-state index in [2.05, 4.69) is 5.32 Å². The summed E-state index contributed by atoms with van der Waals surface area (Å²) in [5.74, 6) is -0.465. The second-order valence-corrected chi connectivity index (χ2v) is 8.42. The largest absolute Gasteiger partial charge is 0.472 e. The maximum Gasteiger partial charge on any atom is 0.254 e. The van der Waals surface area contributed by atoms with E-state index in [1.807, 2.05) is 0 Å². The number of halogens is 1. The van der Waals surface area contributed by atoms with Gasteiger partial charge in [-0.3, -0.25) is 4.79 Å². The second-order valence-electron chi connectivity index (χ2n) is 6.45. The Morgan fingerprint density at radius 1 is 1.19 bits per heavy atom. The predicted molar refractivity (Wildman–Crippen MR) is 94.4 cm³/mol. The number of amides is 1. The Hall–Kier alpha value is -2.19. The van der Waals surface area contributed by atoms with Gasteiger partial charge in [0.25, 0.3) is 5.91 Å². The minimum absolute atomic E-state index is 0.130. The van der Waals surface area contributed by atoms with Crippen LogP contribution in [0.1, 0.15) is 28.8 Å². The van der Waals surface area contributed by atoms with Crippen molar-refractivity contribution in [3.05, 3.63) is 59.8 Å². The third kappa shape index (κ3) is 4.70. The molecule has 0 unspecified atom stereocenters. The van der Waals surface area contributed by atoms with Gasteiger partial charge in [-0.15, -0.1) is 0 Å². The molecule has 3 rings (SSSR count). The zero-order valence-corrected chi connectivity index (χ0v) is 15.0. The standard InChI is InChI=1S/C18H21FN2O4S/c19-17-3-1-15(2-4-17)13-26(23,24)21-8-5-14(6-9-21)11-20-18(22)16-7-10-25-12-16/h1-4,7,10,12,14H,5-6,8-9,11,13H2,(H,20,22). The lowest BCUT2D eigenvalue weighted by Crippen LogP contribution is -2.41. The van der Waals surface area contributed by atoms with Gasteiger partial charge < -0.3 is 9.73 Å². The summed E-state index contributed by atoms with van der Waals surface area (Å²) in [5, 5.41) is 2.85. The highest BCUT2D eigenvalue weighted by molar-refractivity contribution is 7.88. The van der Waals surface area contributed by atoms with Gasteiger partial charge in [-0.25, -0.2) is 17.1 Å². The molecule has 26 heavy (non-hydrogen) atoms. The van der Waals surface area contributed by atoms with Gasteiger partial charge in [-0.05, 0) is 42.5 Å². The van der Waals surface area contributed by atoms with E-state index in [1.165, 1.54) is 41.1 Å². The van der Waals surface area contributed by atoms with Crippen molar-refractivity contribution in [3.8, 4) is 0 Å². The average Bonchev–Trinajstić information content (AvgIpc) is 3.17. The molecule has 1 N–H and O–H groups in total. The van der Waals surface area contributed by atoms with E-state index in [9.17, 15) is 17.6 Å². The Bertz CT molecular complexity index is 827. The lowest BCUT2D eigenvalue weighted by atomic mass is 9.98. The number of rotatable bonds is 6. The Morgan fingerprint density at radius 3 is 2.50 bits per heavy atom. The molecule has 1 amide bonds. The normalized spacial score (nSPS) is 16.5. The third-order valence-electron chi connectivity index (χ3n) is 4.56. The van der Waals surface area contributed by atoms with Gasteiger partial charge in [0.2, 0.25) is 10.0 Å². The summed E-state index contributed by atoms with van der Waals surface area (Å²) in [6.07, 6.45) is 4.21. The highest BCUT2D eigenvalue weighted by atomic mass is 32.2. The Labute approximate surface area is 152 Å². The molecule has 0 bridgehead atoms. The minimum Gasteiger partial charge on any atom is -0.472 e. The predicted octanol–water partition coefficient (Wildman–Crippen LogP) is 2.39. The van der Waals surface area contributed by atoms with Crippen molar-refractivity contribution in [1.29, 1.82) is 0 Å². The van der Waals surface area contributed by atoms with Crippen molar-refractivity contribution in [3.63, 3.8) is 0 Å². The number of furan rings is 1. The van der Waals surface area contributed by atoms with Gasteiger partial charge in [0.1, 0.15) is 12.1 Å². The van der Waals surface area contributed by atoms with Crippen LogP contribution in [0.3, 0.4) is 0 Å². The first-order valence-electron chi connectivity index (χ1n) is 8.47. The smallest absolute Gasteiger partial charge is 0.254 e. The van der Waals surface area contributed by atoms with Crippen LogP contribution in [-0.2, 0) is 15.8 Å². The number of piperidine rings is 1. The zero-order chi connectivity index (χ0) is 18.6. The number of benzene rings is 1. The molecule has 1 aromatic carbocycles. The van der Waals surface area contributed by atoms with Crippen molar-refractivity contribution >= 4 is 15.9 Å². The van der Waals surface area contributed by atoms with Crippen LogP contribution in [0.5, 0.6) is 0 Å². The van der Waals surface area contributed by atoms with Crippen LogP contribution in [0.15, 0.2) is 47.3 Å². The van der Waals surface area contributed by atoms with E-state index in [-0.39, 0.29) is 23.4 Å². The lowest BCUT2D eigenvalue weighted by molar-refractivity contribution is 0.0941. The number of carbonyl (C=O) groups is 1. The number of hydrogen-bond donors (Lipinski definition) is 1. The molecule has 6 nitrogen and oxygen atoms in total. The molecule has 1 aliphatic rings. The summed E-state index contributed by atoms with van der Waals surface area (Å²) in [6, 6.07) is 7.11. The summed E-state index contributed by atoms with van der Waals surface area (Å²) < 4.78 is 44.3. The fourth-order valence-electron chi connectivity index (χ4n) is 3.01. The highest BCUT2D eigenvalue weighted by Crippen LogP contribution is 2.21. The minimum atomic E-state index is -3.43. The summed E-state index contributed by atoms with van der Waals surface area (Å²) in [5.41, 5.74) is 1.05.